The monoisotopic (exact) mass is 419 g/mol. The Morgan fingerprint density at radius 2 is 1.69 bits per heavy atom. The van der Waals surface area contributed by atoms with Crippen LogP contribution >= 0.6 is 0 Å². The van der Waals surface area contributed by atoms with E-state index in [-0.39, 0.29) is 29.4 Å². The molecule has 0 saturated carbocycles. The van der Waals surface area contributed by atoms with Crippen LogP contribution in [0.1, 0.15) is 36.8 Å². The van der Waals surface area contributed by atoms with E-state index in [2.05, 4.69) is 5.32 Å². The molecule has 0 spiro atoms. The van der Waals surface area contributed by atoms with E-state index in [1.54, 1.807) is 12.1 Å². The van der Waals surface area contributed by atoms with E-state index < -0.39 is 14.9 Å². The summed E-state index contributed by atoms with van der Waals surface area (Å²) in [7, 11) is -3.77. The predicted octanol–water partition coefficient (Wildman–Crippen LogP) is 3.26. The predicted molar refractivity (Wildman–Crippen MR) is 110 cm³/mol. The molecular formula is C20H25N3O5S. The summed E-state index contributed by atoms with van der Waals surface area (Å²) in [6, 6.07) is 11.2. The third-order valence-electron chi connectivity index (χ3n) is 5.13. The molecule has 1 fully saturated rings. The summed E-state index contributed by atoms with van der Waals surface area (Å²) in [4.78, 5) is 10.9. The molecule has 9 heteroatoms. The van der Waals surface area contributed by atoms with Gasteiger partial charge in [0, 0.05) is 25.7 Å². The van der Waals surface area contributed by atoms with Crippen LogP contribution in [0, 0.1) is 10.1 Å². The number of nitro benzene ring substituents is 1. The molecule has 1 heterocycles. The molecule has 2 aromatic rings. The number of benzene rings is 2. The Bertz CT molecular complexity index is 970. The minimum atomic E-state index is -3.77. The van der Waals surface area contributed by atoms with Crippen molar-refractivity contribution in [3.05, 3.63) is 63.7 Å². The number of hydrogen-bond donors (Lipinski definition) is 2. The standard InChI is InChI=1S/C20H25N3O5S/c24-15-17-8-4-3-7-16(17)14-21-19-10-9-18(13-20(19)23(25)26)29(27,28)22-11-5-1-2-6-12-22/h3-4,7-10,13,21,24H,1-2,5-6,11-12,14-15H2. The highest BCUT2D eigenvalue weighted by molar-refractivity contribution is 7.89. The maximum atomic E-state index is 12.9. The number of aliphatic hydroxyl groups is 1. The zero-order chi connectivity index (χ0) is 20.9. The fourth-order valence-corrected chi connectivity index (χ4v) is 5.02. The Morgan fingerprint density at radius 1 is 1.03 bits per heavy atom. The fraction of sp³-hybridized carbons (Fsp3) is 0.400. The normalized spacial score (nSPS) is 15.6. The van der Waals surface area contributed by atoms with Crippen LogP contribution in [-0.4, -0.2) is 35.8 Å². The Kier molecular flexibility index (Phi) is 6.83. The topological polar surface area (TPSA) is 113 Å². The second kappa shape index (κ2) is 9.34. The van der Waals surface area contributed by atoms with E-state index in [9.17, 15) is 23.6 Å². The van der Waals surface area contributed by atoms with Crippen molar-refractivity contribution in [2.24, 2.45) is 0 Å². The minimum Gasteiger partial charge on any atom is -0.392 e. The molecule has 0 unspecified atom stereocenters. The van der Waals surface area contributed by atoms with Crippen LogP contribution in [0.15, 0.2) is 47.4 Å². The third-order valence-corrected chi connectivity index (χ3v) is 7.02. The van der Waals surface area contributed by atoms with Gasteiger partial charge in [0.05, 0.1) is 16.4 Å². The first-order valence-corrected chi connectivity index (χ1v) is 11.1. The van der Waals surface area contributed by atoms with Gasteiger partial charge in [0.15, 0.2) is 0 Å². The van der Waals surface area contributed by atoms with Crippen molar-refractivity contribution in [3.8, 4) is 0 Å². The number of sulfonamides is 1. The van der Waals surface area contributed by atoms with Gasteiger partial charge < -0.3 is 10.4 Å². The Morgan fingerprint density at radius 3 is 2.31 bits per heavy atom. The van der Waals surface area contributed by atoms with Crippen LogP contribution in [0.2, 0.25) is 0 Å². The smallest absolute Gasteiger partial charge is 0.293 e. The maximum Gasteiger partial charge on any atom is 0.293 e. The molecule has 0 radical (unpaired) electrons. The average molecular weight is 420 g/mol. The summed E-state index contributed by atoms with van der Waals surface area (Å²) in [6.07, 6.45) is 3.57. The first kappa shape index (κ1) is 21.2. The van der Waals surface area contributed by atoms with Gasteiger partial charge in [0.2, 0.25) is 10.0 Å². The molecule has 2 aromatic carbocycles. The SMILES string of the molecule is O=[N+]([O-])c1cc(S(=O)(=O)N2CCCCCC2)ccc1NCc1ccccc1CO. The van der Waals surface area contributed by atoms with Crippen LogP contribution in [-0.2, 0) is 23.2 Å². The Hall–Kier alpha value is -2.49. The zero-order valence-electron chi connectivity index (χ0n) is 16.1. The van der Waals surface area contributed by atoms with Crippen molar-refractivity contribution in [1.29, 1.82) is 0 Å². The van der Waals surface area contributed by atoms with Crippen molar-refractivity contribution >= 4 is 21.4 Å². The second-order valence-electron chi connectivity index (χ2n) is 7.03. The molecule has 29 heavy (non-hydrogen) atoms. The molecule has 0 aliphatic carbocycles. The van der Waals surface area contributed by atoms with Crippen molar-refractivity contribution in [2.75, 3.05) is 18.4 Å². The van der Waals surface area contributed by atoms with E-state index in [0.717, 1.165) is 42.9 Å². The summed E-state index contributed by atoms with van der Waals surface area (Å²) in [5.74, 6) is 0. The molecule has 0 atom stereocenters. The molecule has 3 rings (SSSR count). The van der Waals surface area contributed by atoms with Gasteiger partial charge in [-0.25, -0.2) is 8.42 Å². The van der Waals surface area contributed by atoms with E-state index in [4.69, 9.17) is 0 Å². The van der Waals surface area contributed by atoms with E-state index in [1.807, 2.05) is 12.1 Å². The molecule has 156 valence electrons. The fourth-order valence-electron chi connectivity index (χ4n) is 3.48. The summed E-state index contributed by atoms with van der Waals surface area (Å²) in [6.45, 7) is 1.02. The van der Waals surface area contributed by atoms with Gasteiger partial charge in [-0.3, -0.25) is 10.1 Å². The summed E-state index contributed by atoms with van der Waals surface area (Å²) >= 11 is 0. The van der Waals surface area contributed by atoms with Gasteiger partial charge in [-0.05, 0) is 36.1 Å². The number of hydrogen-bond acceptors (Lipinski definition) is 6. The first-order chi connectivity index (χ1) is 13.9. The number of nitrogens with zero attached hydrogens (tertiary/aromatic N) is 2. The molecule has 1 saturated heterocycles. The lowest BCUT2D eigenvalue weighted by Crippen LogP contribution is -2.32. The van der Waals surface area contributed by atoms with Gasteiger partial charge in [-0.2, -0.15) is 4.31 Å². The van der Waals surface area contributed by atoms with Crippen LogP contribution in [0.25, 0.3) is 0 Å². The minimum absolute atomic E-state index is 0.0626. The van der Waals surface area contributed by atoms with Crippen molar-refractivity contribution in [3.63, 3.8) is 0 Å². The molecule has 2 N–H and O–H groups in total. The van der Waals surface area contributed by atoms with E-state index in [0.29, 0.717) is 13.1 Å². The van der Waals surface area contributed by atoms with Crippen molar-refractivity contribution in [2.45, 2.75) is 43.7 Å². The highest BCUT2D eigenvalue weighted by atomic mass is 32.2. The molecule has 0 amide bonds. The number of nitro groups is 1. The van der Waals surface area contributed by atoms with E-state index in [1.165, 1.54) is 16.4 Å². The van der Waals surface area contributed by atoms with Gasteiger partial charge in [0.25, 0.3) is 5.69 Å². The third kappa shape index (κ3) is 4.92. The lowest BCUT2D eigenvalue weighted by molar-refractivity contribution is -0.384. The second-order valence-corrected chi connectivity index (χ2v) is 8.97. The Labute approximate surface area is 170 Å². The quantitative estimate of drug-likeness (QED) is 0.526. The van der Waals surface area contributed by atoms with Crippen LogP contribution in [0.3, 0.4) is 0 Å². The van der Waals surface area contributed by atoms with Crippen LogP contribution in [0.5, 0.6) is 0 Å². The number of aliphatic hydroxyl groups excluding tert-OH is 1. The summed E-state index contributed by atoms with van der Waals surface area (Å²) in [5, 5.41) is 24.0. The zero-order valence-corrected chi connectivity index (χ0v) is 16.9. The highest BCUT2D eigenvalue weighted by Gasteiger charge is 2.28. The van der Waals surface area contributed by atoms with Gasteiger partial charge >= 0.3 is 0 Å². The summed E-state index contributed by atoms with van der Waals surface area (Å²) in [5.41, 5.74) is 1.48. The number of rotatable bonds is 7. The average Bonchev–Trinajstić information content (AvgIpc) is 3.02. The molecule has 0 bridgehead atoms. The van der Waals surface area contributed by atoms with Crippen LogP contribution in [0.4, 0.5) is 11.4 Å². The first-order valence-electron chi connectivity index (χ1n) is 9.63. The maximum absolute atomic E-state index is 12.9. The van der Waals surface area contributed by atoms with Gasteiger partial charge in [0.1, 0.15) is 5.69 Å². The largest absolute Gasteiger partial charge is 0.392 e. The summed E-state index contributed by atoms with van der Waals surface area (Å²) < 4.78 is 27.3. The van der Waals surface area contributed by atoms with Crippen LogP contribution < -0.4 is 5.32 Å². The molecule has 1 aliphatic rings. The lowest BCUT2D eigenvalue weighted by atomic mass is 10.1. The Balaban J connectivity index is 1.86. The van der Waals surface area contributed by atoms with Gasteiger partial charge in [-0.15, -0.1) is 0 Å². The van der Waals surface area contributed by atoms with Crippen molar-refractivity contribution < 1.29 is 18.4 Å². The van der Waals surface area contributed by atoms with Gasteiger partial charge in [-0.1, -0.05) is 37.1 Å². The molecule has 8 nitrogen and oxygen atoms in total. The number of anilines is 1. The highest BCUT2D eigenvalue weighted by Crippen LogP contribution is 2.30. The molecular weight excluding hydrogens is 394 g/mol. The number of nitrogens with one attached hydrogen (secondary N) is 1. The molecule has 1 aliphatic heterocycles. The lowest BCUT2D eigenvalue weighted by Gasteiger charge is -2.20. The molecule has 0 aromatic heterocycles. The van der Waals surface area contributed by atoms with Crippen molar-refractivity contribution in [1.82, 2.24) is 4.31 Å². The van der Waals surface area contributed by atoms with E-state index >= 15 is 0 Å².